The molecule has 9 heteroatoms. The second kappa shape index (κ2) is 11.4. The van der Waals surface area contributed by atoms with Gasteiger partial charge in [-0.15, -0.1) is 0 Å². The number of allylic oxidation sites excluding steroid dienone is 1. The molecule has 0 saturated carbocycles. The molecular weight excluding hydrogens is 392 g/mol. The van der Waals surface area contributed by atoms with Crippen LogP contribution < -0.4 is 14.2 Å². The molecule has 2 aromatic carbocycles. The van der Waals surface area contributed by atoms with Gasteiger partial charge in [0, 0.05) is 13.2 Å². The van der Waals surface area contributed by atoms with Crippen LogP contribution in [0.15, 0.2) is 36.4 Å². The minimum atomic E-state index is -0.551. The topological polar surface area (TPSA) is 113 Å². The fourth-order valence-electron chi connectivity index (χ4n) is 2.55. The van der Waals surface area contributed by atoms with Crippen molar-refractivity contribution in [1.82, 2.24) is 0 Å². The Morgan fingerprint density at radius 3 is 2.43 bits per heavy atom. The van der Waals surface area contributed by atoms with Crippen LogP contribution in [0.3, 0.4) is 0 Å². The van der Waals surface area contributed by atoms with Crippen LogP contribution in [-0.4, -0.2) is 46.3 Å². The molecule has 158 valence electrons. The molecular formula is C21H22N2O7. The maximum atomic E-state index is 11.4. The van der Waals surface area contributed by atoms with E-state index in [1.54, 1.807) is 37.5 Å². The van der Waals surface area contributed by atoms with Crippen LogP contribution in [0, 0.1) is 21.4 Å². The van der Waals surface area contributed by atoms with Gasteiger partial charge >= 0.3 is 5.69 Å². The Morgan fingerprint density at radius 1 is 1.07 bits per heavy atom. The Morgan fingerprint density at radius 2 is 1.80 bits per heavy atom. The molecule has 0 heterocycles. The fraction of sp³-hybridized carbons (Fsp3) is 0.286. The fourth-order valence-corrected chi connectivity index (χ4v) is 2.55. The van der Waals surface area contributed by atoms with Crippen molar-refractivity contribution in [3.63, 3.8) is 0 Å². The van der Waals surface area contributed by atoms with Crippen molar-refractivity contribution in [3.05, 3.63) is 57.6 Å². The lowest BCUT2D eigenvalue weighted by molar-refractivity contribution is -0.386. The highest BCUT2D eigenvalue weighted by Gasteiger charge is 2.16. The van der Waals surface area contributed by atoms with Gasteiger partial charge in [-0.3, -0.25) is 10.1 Å². The molecule has 0 bridgehead atoms. The second-order valence-corrected chi connectivity index (χ2v) is 5.89. The van der Waals surface area contributed by atoms with Crippen molar-refractivity contribution in [1.29, 1.82) is 5.26 Å². The summed E-state index contributed by atoms with van der Waals surface area (Å²) in [5.41, 5.74) is 1.14. The zero-order valence-electron chi connectivity index (χ0n) is 16.9. The number of hydrogen-bond donors (Lipinski definition) is 0. The van der Waals surface area contributed by atoms with Crippen LogP contribution in [0.4, 0.5) is 5.69 Å². The summed E-state index contributed by atoms with van der Waals surface area (Å²) in [5, 5.41) is 21.0. The van der Waals surface area contributed by atoms with Crippen LogP contribution in [0.25, 0.3) is 11.6 Å². The van der Waals surface area contributed by atoms with Gasteiger partial charge in [-0.2, -0.15) is 5.26 Å². The number of nitrogens with zero attached hydrogens (tertiary/aromatic N) is 2. The lowest BCUT2D eigenvalue weighted by Gasteiger charge is -2.10. The van der Waals surface area contributed by atoms with E-state index < -0.39 is 4.92 Å². The van der Waals surface area contributed by atoms with Crippen LogP contribution >= 0.6 is 0 Å². The monoisotopic (exact) mass is 414 g/mol. The molecule has 30 heavy (non-hydrogen) atoms. The molecule has 0 aliphatic heterocycles. The molecule has 2 aromatic rings. The van der Waals surface area contributed by atoms with Crippen LogP contribution in [0.1, 0.15) is 11.1 Å². The Bertz CT molecular complexity index is 951. The molecule has 0 aliphatic rings. The third-order valence-electron chi connectivity index (χ3n) is 4.04. The standard InChI is InChI=1S/C21H22N2O7/c1-26-8-9-29-14-30-19-6-4-15(11-18(19)23(24)25)10-17(13-22)16-5-7-20(27-2)21(12-16)28-3/h4-7,10-12H,8-9,14H2,1-3H3/b17-10+. The van der Waals surface area contributed by atoms with Crippen molar-refractivity contribution >= 4 is 17.3 Å². The highest BCUT2D eigenvalue weighted by atomic mass is 16.7. The smallest absolute Gasteiger partial charge is 0.311 e. The summed E-state index contributed by atoms with van der Waals surface area (Å²) < 4.78 is 25.8. The largest absolute Gasteiger partial charge is 0.493 e. The number of rotatable bonds is 11. The number of nitriles is 1. The SMILES string of the molecule is COCCOCOc1ccc(/C=C(\C#N)c2ccc(OC)c(OC)c2)cc1[N+](=O)[O-]. The predicted octanol–water partition coefficient (Wildman–Crippen LogP) is 3.68. The van der Waals surface area contributed by atoms with E-state index in [-0.39, 0.29) is 18.2 Å². The number of ether oxygens (including phenoxy) is 5. The van der Waals surface area contributed by atoms with E-state index in [4.69, 9.17) is 23.7 Å². The summed E-state index contributed by atoms with van der Waals surface area (Å²) in [6.45, 7) is 0.554. The highest BCUT2D eigenvalue weighted by molar-refractivity contribution is 5.90. The van der Waals surface area contributed by atoms with Gasteiger partial charge in [0.05, 0.1) is 44.0 Å². The third kappa shape index (κ3) is 5.94. The van der Waals surface area contributed by atoms with E-state index in [0.29, 0.717) is 41.4 Å². The minimum absolute atomic E-state index is 0.0687. The van der Waals surface area contributed by atoms with Gasteiger partial charge in [0.2, 0.25) is 0 Å². The van der Waals surface area contributed by atoms with E-state index in [2.05, 4.69) is 6.07 Å². The third-order valence-corrected chi connectivity index (χ3v) is 4.04. The number of benzene rings is 2. The van der Waals surface area contributed by atoms with Crippen LogP contribution in [-0.2, 0) is 9.47 Å². The Kier molecular flexibility index (Phi) is 8.62. The first-order chi connectivity index (χ1) is 14.5. The molecule has 9 nitrogen and oxygen atoms in total. The van der Waals surface area contributed by atoms with E-state index >= 15 is 0 Å². The summed E-state index contributed by atoms with van der Waals surface area (Å²) in [7, 11) is 4.56. The van der Waals surface area contributed by atoms with E-state index in [0.717, 1.165) is 0 Å². The molecule has 0 radical (unpaired) electrons. The molecule has 0 aliphatic carbocycles. The summed E-state index contributed by atoms with van der Waals surface area (Å²) in [4.78, 5) is 10.9. The van der Waals surface area contributed by atoms with Gasteiger partial charge in [-0.25, -0.2) is 0 Å². The van der Waals surface area contributed by atoms with E-state index in [1.807, 2.05) is 0 Å². The maximum Gasteiger partial charge on any atom is 0.311 e. The summed E-state index contributed by atoms with van der Waals surface area (Å²) in [6, 6.07) is 11.6. The first-order valence-corrected chi connectivity index (χ1v) is 8.86. The number of nitro benzene ring substituents is 1. The molecule has 2 rings (SSSR count). The average Bonchev–Trinajstić information content (AvgIpc) is 2.77. The van der Waals surface area contributed by atoms with E-state index in [1.165, 1.54) is 26.4 Å². The van der Waals surface area contributed by atoms with Gasteiger partial charge in [0.1, 0.15) is 0 Å². The van der Waals surface area contributed by atoms with Crippen molar-refractivity contribution in [2.24, 2.45) is 0 Å². The molecule has 0 N–H and O–H groups in total. The van der Waals surface area contributed by atoms with Gasteiger partial charge in [-0.1, -0.05) is 6.07 Å². The Labute approximate surface area is 174 Å². The molecule has 0 unspecified atom stereocenters. The molecule has 0 aromatic heterocycles. The van der Waals surface area contributed by atoms with Gasteiger partial charge in [0.25, 0.3) is 0 Å². The van der Waals surface area contributed by atoms with E-state index in [9.17, 15) is 15.4 Å². The number of nitro groups is 1. The number of hydrogen-bond acceptors (Lipinski definition) is 8. The average molecular weight is 414 g/mol. The van der Waals surface area contributed by atoms with Crippen molar-refractivity contribution < 1.29 is 28.6 Å². The lowest BCUT2D eigenvalue weighted by Crippen LogP contribution is -2.08. The summed E-state index contributed by atoms with van der Waals surface area (Å²) in [6.07, 6.45) is 1.55. The quantitative estimate of drug-likeness (QED) is 0.137. The van der Waals surface area contributed by atoms with Crippen molar-refractivity contribution in [2.45, 2.75) is 0 Å². The molecule has 0 spiro atoms. The first kappa shape index (κ1) is 22.7. The molecule has 0 atom stereocenters. The molecule has 0 amide bonds. The first-order valence-electron chi connectivity index (χ1n) is 8.86. The predicted molar refractivity (Wildman–Crippen MR) is 109 cm³/mol. The van der Waals surface area contributed by atoms with Gasteiger partial charge < -0.3 is 23.7 Å². The van der Waals surface area contributed by atoms with Crippen molar-refractivity contribution in [2.75, 3.05) is 41.3 Å². The maximum absolute atomic E-state index is 11.4. The second-order valence-electron chi connectivity index (χ2n) is 5.89. The number of methoxy groups -OCH3 is 3. The summed E-state index contributed by atoms with van der Waals surface area (Å²) >= 11 is 0. The minimum Gasteiger partial charge on any atom is -0.493 e. The van der Waals surface area contributed by atoms with Crippen molar-refractivity contribution in [3.8, 4) is 23.3 Å². The summed E-state index contributed by atoms with van der Waals surface area (Å²) in [5.74, 6) is 1.07. The molecule has 0 saturated heterocycles. The van der Waals surface area contributed by atoms with Crippen LogP contribution in [0.2, 0.25) is 0 Å². The normalized spacial score (nSPS) is 10.9. The zero-order valence-corrected chi connectivity index (χ0v) is 16.9. The Hall–Kier alpha value is -3.61. The zero-order chi connectivity index (χ0) is 21.9. The Balaban J connectivity index is 2.29. The highest BCUT2D eigenvalue weighted by Crippen LogP contribution is 2.32. The molecule has 0 fully saturated rings. The lowest BCUT2D eigenvalue weighted by atomic mass is 10.0. The van der Waals surface area contributed by atoms with Gasteiger partial charge in [-0.05, 0) is 41.5 Å². The van der Waals surface area contributed by atoms with Gasteiger partial charge in [0.15, 0.2) is 24.0 Å². The van der Waals surface area contributed by atoms with Crippen LogP contribution in [0.5, 0.6) is 17.2 Å².